The fourth-order valence-corrected chi connectivity index (χ4v) is 5.66. The second kappa shape index (κ2) is 13.7. The summed E-state index contributed by atoms with van der Waals surface area (Å²) in [5.41, 5.74) is 2.55. The number of carbonyl (C=O) groups is 2. The molecule has 3 aromatic carbocycles. The molecule has 1 saturated carbocycles. The quantitative estimate of drug-likeness (QED) is 0.300. The number of rotatable bonds is 14. The molecule has 1 fully saturated rings. The Morgan fingerprint density at radius 3 is 2.12 bits per heavy atom. The number of ether oxygens (including phenoxy) is 1. The van der Waals surface area contributed by atoms with Crippen LogP contribution in [0.2, 0.25) is 0 Å². The highest BCUT2D eigenvalue weighted by molar-refractivity contribution is 7.89. The molecule has 1 aliphatic carbocycles. The Labute approximate surface area is 241 Å². The van der Waals surface area contributed by atoms with Crippen LogP contribution in [0.4, 0.5) is 4.39 Å². The lowest BCUT2D eigenvalue weighted by molar-refractivity contribution is -0.140. The van der Waals surface area contributed by atoms with Crippen molar-refractivity contribution in [3.63, 3.8) is 0 Å². The van der Waals surface area contributed by atoms with E-state index in [2.05, 4.69) is 10.0 Å². The van der Waals surface area contributed by atoms with Gasteiger partial charge in [-0.2, -0.15) is 0 Å². The van der Waals surface area contributed by atoms with Gasteiger partial charge < -0.3 is 15.0 Å². The lowest BCUT2D eigenvalue weighted by Gasteiger charge is -2.29. The van der Waals surface area contributed by atoms with Crippen molar-refractivity contribution in [2.45, 2.75) is 62.6 Å². The third-order valence-corrected chi connectivity index (χ3v) is 8.60. The highest BCUT2D eigenvalue weighted by Gasteiger charge is 2.28. The van der Waals surface area contributed by atoms with E-state index in [1.807, 2.05) is 24.3 Å². The number of hydrogen-bond acceptors (Lipinski definition) is 5. The SMILES string of the molecule is COc1ccc(CCNC(=O)[C@H](C)N(Cc2ccc(F)cc2)C(=O)CCc2ccc(S(=O)(=O)NC3CC3)cc2)cc1. The Kier molecular flexibility index (Phi) is 10.1. The summed E-state index contributed by atoms with van der Waals surface area (Å²) in [5.74, 6) is -0.146. The Hall–Kier alpha value is -3.76. The standard InChI is InChI=1S/C31H36FN3O5S/c1-22(31(37)33-20-19-24-5-14-28(40-2)15-6-24)35(21-25-3-10-26(32)11-4-25)30(36)18-9-23-7-16-29(17-8-23)41(38,39)34-27-12-13-27/h3-8,10-11,14-17,22,27,34H,9,12-13,18-21H2,1-2H3,(H,33,37)/t22-/m0/s1. The van der Waals surface area contributed by atoms with Gasteiger partial charge in [0.1, 0.15) is 17.6 Å². The molecule has 0 bridgehead atoms. The molecule has 4 rings (SSSR count). The van der Waals surface area contributed by atoms with Gasteiger partial charge in [0.2, 0.25) is 21.8 Å². The Morgan fingerprint density at radius 1 is 0.927 bits per heavy atom. The van der Waals surface area contributed by atoms with Crippen LogP contribution in [-0.2, 0) is 39.0 Å². The van der Waals surface area contributed by atoms with Gasteiger partial charge in [-0.05, 0) is 85.7 Å². The number of halogens is 1. The van der Waals surface area contributed by atoms with Gasteiger partial charge in [0.15, 0.2) is 0 Å². The van der Waals surface area contributed by atoms with Crippen LogP contribution in [0.1, 0.15) is 42.9 Å². The van der Waals surface area contributed by atoms with E-state index in [9.17, 15) is 22.4 Å². The van der Waals surface area contributed by atoms with E-state index >= 15 is 0 Å². The maximum atomic E-state index is 13.5. The van der Waals surface area contributed by atoms with Crippen LogP contribution in [-0.4, -0.2) is 50.9 Å². The van der Waals surface area contributed by atoms with Crippen molar-refractivity contribution >= 4 is 21.8 Å². The number of carbonyl (C=O) groups excluding carboxylic acids is 2. The van der Waals surface area contributed by atoms with Gasteiger partial charge in [0, 0.05) is 25.6 Å². The van der Waals surface area contributed by atoms with Gasteiger partial charge in [-0.3, -0.25) is 9.59 Å². The molecule has 218 valence electrons. The van der Waals surface area contributed by atoms with E-state index < -0.39 is 16.1 Å². The van der Waals surface area contributed by atoms with Gasteiger partial charge in [0.25, 0.3) is 0 Å². The molecule has 0 heterocycles. The van der Waals surface area contributed by atoms with Crippen molar-refractivity contribution in [1.29, 1.82) is 0 Å². The van der Waals surface area contributed by atoms with E-state index in [-0.39, 0.29) is 41.5 Å². The molecule has 1 aliphatic rings. The molecule has 1 atom stereocenters. The van der Waals surface area contributed by atoms with Crippen LogP contribution in [0.25, 0.3) is 0 Å². The van der Waals surface area contributed by atoms with E-state index in [1.54, 1.807) is 50.4 Å². The summed E-state index contributed by atoms with van der Waals surface area (Å²) in [6.07, 6.45) is 2.83. The minimum atomic E-state index is -3.55. The van der Waals surface area contributed by atoms with Crippen LogP contribution in [0.5, 0.6) is 5.75 Å². The minimum Gasteiger partial charge on any atom is -0.497 e. The molecule has 0 saturated heterocycles. The summed E-state index contributed by atoms with van der Waals surface area (Å²) in [7, 11) is -1.94. The number of aryl methyl sites for hydroxylation is 1. The number of sulfonamides is 1. The predicted molar refractivity (Wildman–Crippen MR) is 154 cm³/mol. The monoisotopic (exact) mass is 581 g/mol. The Balaban J connectivity index is 1.37. The zero-order valence-corrected chi connectivity index (χ0v) is 24.1. The smallest absolute Gasteiger partial charge is 0.242 e. The minimum absolute atomic E-state index is 0.0195. The summed E-state index contributed by atoms with van der Waals surface area (Å²) in [6.45, 7) is 2.23. The van der Waals surface area contributed by atoms with Gasteiger partial charge in [-0.15, -0.1) is 0 Å². The van der Waals surface area contributed by atoms with Crippen molar-refractivity contribution in [2.75, 3.05) is 13.7 Å². The maximum absolute atomic E-state index is 13.5. The predicted octanol–water partition coefficient (Wildman–Crippen LogP) is 3.98. The second-order valence-electron chi connectivity index (χ2n) is 10.3. The number of methoxy groups -OCH3 is 1. The third kappa shape index (κ3) is 8.86. The number of benzene rings is 3. The molecule has 0 aromatic heterocycles. The normalized spacial score (nSPS) is 13.8. The fourth-order valence-electron chi connectivity index (χ4n) is 4.36. The summed E-state index contributed by atoms with van der Waals surface area (Å²) >= 11 is 0. The lowest BCUT2D eigenvalue weighted by Crippen LogP contribution is -2.48. The van der Waals surface area contributed by atoms with Crippen LogP contribution < -0.4 is 14.8 Å². The zero-order valence-electron chi connectivity index (χ0n) is 23.3. The van der Waals surface area contributed by atoms with E-state index in [0.29, 0.717) is 24.9 Å². The molecule has 8 nitrogen and oxygen atoms in total. The highest BCUT2D eigenvalue weighted by atomic mass is 32.2. The Bertz CT molecular complexity index is 1420. The largest absolute Gasteiger partial charge is 0.497 e. The van der Waals surface area contributed by atoms with E-state index in [4.69, 9.17) is 4.74 Å². The number of nitrogens with one attached hydrogen (secondary N) is 2. The summed E-state index contributed by atoms with van der Waals surface area (Å²) < 4.78 is 46.2. The molecular formula is C31H36FN3O5S. The summed E-state index contributed by atoms with van der Waals surface area (Å²) in [5, 5.41) is 2.91. The molecule has 0 aliphatic heterocycles. The van der Waals surface area contributed by atoms with Crippen molar-refractivity contribution in [1.82, 2.24) is 14.9 Å². The molecule has 0 spiro atoms. The molecule has 0 radical (unpaired) electrons. The first kappa shape index (κ1) is 30.2. The lowest BCUT2D eigenvalue weighted by atomic mass is 10.1. The average molecular weight is 582 g/mol. The van der Waals surface area contributed by atoms with Crippen LogP contribution in [0.3, 0.4) is 0 Å². The third-order valence-electron chi connectivity index (χ3n) is 7.07. The number of nitrogens with zero attached hydrogens (tertiary/aromatic N) is 1. The zero-order chi connectivity index (χ0) is 29.4. The topological polar surface area (TPSA) is 105 Å². The van der Waals surface area contributed by atoms with Crippen molar-refractivity contribution in [3.8, 4) is 5.75 Å². The molecule has 0 unspecified atom stereocenters. The molecule has 10 heteroatoms. The van der Waals surface area contributed by atoms with Crippen molar-refractivity contribution in [3.05, 3.63) is 95.3 Å². The van der Waals surface area contributed by atoms with Gasteiger partial charge >= 0.3 is 0 Å². The van der Waals surface area contributed by atoms with Gasteiger partial charge in [-0.1, -0.05) is 36.4 Å². The van der Waals surface area contributed by atoms with Crippen LogP contribution in [0, 0.1) is 5.82 Å². The molecule has 3 aromatic rings. The summed E-state index contributed by atoms with van der Waals surface area (Å²) in [4.78, 5) is 28.1. The van der Waals surface area contributed by atoms with E-state index in [0.717, 1.165) is 29.7 Å². The van der Waals surface area contributed by atoms with Crippen LogP contribution in [0.15, 0.2) is 77.7 Å². The molecular weight excluding hydrogens is 545 g/mol. The van der Waals surface area contributed by atoms with Crippen molar-refractivity contribution < 1.29 is 27.1 Å². The van der Waals surface area contributed by atoms with E-state index in [1.165, 1.54) is 17.0 Å². The molecule has 2 amide bonds. The molecule has 41 heavy (non-hydrogen) atoms. The number of amides is 2. The van der Waals surface area contributed by atoms with Crippen molar-refractivity contribution in [2.24, 2.45) is 0 Å². The van der Waals surface area contributed by atoms with Gasteiger partial charge in [0.05, 0.1) is 12.0 Å². The Morgan fingerprint density at radius 2 is 1.51 bits per heavy atom. The summed E-state index contributed by atoms with van der Waals surface area (Å²) in [6, 6.07) is 19.2. The average Bonchev–Trinajstić information content (AvgIpc) is 3.79. The van der Waals surface area contributed by atoms with Gasteiger partial charge in [-0.25, -0.2) is 17.5 Å². The second-order valence-corrected chi connectivity index (χ2v) is 12.0. The van der Waals surface area contributed by atoms with Crippen LogP contribution >= 0.6 is 0 Å². The maximum Gasteiger partial charge on any atom is 0.242 e. The number of hydrogen-bond donors (Lipinski definition) is 2. The first-order chi connectivity index (χ1) is 19.6. The fraction of sp³-hybridized carbons (Fsp3) is 0.355. The first-order valence-electron chi connectivity index (χ1n) is 13.7. The molecule has 2 N–H and O–H groups in total. The highest BCUT2D eigenvalue weighted by Crippen LogP contribution is 2.22. The first-order valence-corrected chi connectivity index (χ1v) is 15.2.